The summed E-state index contributed by atoms with van der Waals surface area (Å²) < 4.78 is 5.78. The van der Waals surface area contributed by atoms with Crippen molar-refractivity contribution in [2.24, 2.45) is 0 Å². The van der Waals surface area contributed by atoms with Crippen molar-refractivity contribution < 1.29 is 25.2 Å². The maximum absolute atomic E-state index is 10.5. The van der Waals surface area contributed by atoms with Crippen LogP contribution in [-0.4, -0.2) is 57.6 Å². The molecule has 0 bridgehead atoms. The van der Waals surface area contributed by atoms with Crippen LogP contribution in [0.1, 0.15) is 30.2 Å². The van der Waals surface area contributed by atoms with Crippen molar-refractivity contribution >= 4 is 11.3 Å². The predicted octanol–water partition coefficient (Wildman–Crippen LogP) is 3.15. The van der Waals surface area contributed by atoms with E-state index >= 15 is 0 Å². The van der Waals surface area contributed by atoms with Gasteiger partial charge in [0, 0.05) is 16.2 Å². The molecule has 1 saturated heterocycles. The second-order valence-electron chi connectivity index (χ2n) is 8.58. The Morgan fingerprint density at radius 3 is 2.39 bits per heavy atom. The van der Waals surface area contributed by atoms with Crippen LogP contribution < -0.4 is 0 Å². The van der Waals surface area contributed by atoms with Crippen LogP contribution in [-0.2, 0) is 11.2 Å². The van der Waals surface area contributed by atoms with Gasteiger partial charge in [-0.1, -0.05) is 41.5 Å². The Kier molecular flexibility index (Phi) is 6.77. The molecule has 0 amide bonds. The second kappa shape index (κ2) is 9.36. The molecule has 31 heavy (non-hydrogen) atoms. The minimum atomic E-state index is -1.35. The quantitative estimate of drug-likeness (QED) is 0.571. The zero-order valence-electron chi connectivity index (χ0n) is 17.9. The van der Waals surface area contributed by atoms with Crippen molar-refractivity contribution in [1.29, 1.82) is 0 Å². The molecule has 0 spiro atoms. The lowest BCUT2D eigenvalue weighted by atomic mass is 9.84. The van der Waals surface area contributed by atoms with E-state index in [0.29, 0.717) is 0 Å². The highest BCUT2D eigenvalue weighted by molar-refractivity contribution is 7.15. The Morgan fingerprint density at radius 1 is 0.935 bits per heavy atom. The lowest BCUT2D eigenvalue weighted by molar-refractivity contribution is -0.220. The highest BCUT2D eigenvalue weighted by atomic mass is 32.1. The van der Waals surface area contributed by atoms with Crippen molar-refractivity contribution in [2.75, 3.05) is 6.61 Å². The number of aryl methyl sites for hydroxylation is 1. The molecule has 1 aromatic heterocycles. The van der Waals surface area contributed by atoms with Crippen molar-refractivity contribution in [2.45, 2.75) is 63.6 Å². The van der Waals surface area contributed by atoms with Gasteiger partial charge in [-0.25, -0.2) is 0 Å². The van der Waals surface area contributed by atoms with E-state index in [1.165, 1.54) is 32.0 Å². The molecular weight excluding hydrogens is 412 g/mol. The molecule has 0 saturated carbocycles. The molecule has 2 heterocycles. The number of aliphatic hydroxyl groups excluding tert-OH is 4. The normalized spacial score (nSPS) is 29.2. The zero-order valence-corrected chi connectivity index (χ0v) is 18.7. The molecule has 4 N–H and O–H groups in total. The van der Waals surface area contributed by atoms with E-state index in [2.05, 4.69) is 56.3 Å². The zero-order chi connectivity index (χ0) is 22.1. The van der Waals surface area contributed by atoms with Crippen LogP contribution in [0.2, 0.25) is 0 Å². The number of allylic oxidation sites excluding steroid dienone is 3. The van der Waals surface area contributed by atoms with Crippen LogP contribution in [0.3, 0.4) is 0 Å². The third kappa shape index (κ3) is 4.70. The average Bonchev–Trinajstić information content (AvgIpc) is 3.23. The molecule has 1 aliphatic carbocycles. The second-order valence-corrected chi connectivity index (χ2v) is 9.75. The lowest BCUT2D eigenvalue weighted by Crippen LogP contribution is -2.59. The molecule has 0 radical (unpaired) electrons. The van der Waals surface area contributed by atoms with Gasteiger partial charge < -0.3 is 25.2 Å². The molecule has 2 aromatic rings. The van der Waals surface area contributed by atoms with Crippen molar-refractivity contribution in [1.82, 2.24) is 0 Å². The van der Waals surface area contributed by atoms with Crippen LogP contribution in [0.25, 0.3) is 10.4 Å². The van der Waals surface area contributed by atoms with Gasteiger partial charge >= 0.3 is 0 Å². The fraction of sp³-hybridized carbons (Fsp3) is 0.440. The Hall–Kier alpha value is -1.80. The summed E-state index contributed by atoms with van der Waals surface area (Å²) in [6, 6.07) is 12.9. The van der Waals surface area contributed by atoms with Gasteiger partial charge in [-0.05, 0) is 55.5 Å². The lowest BCUT2D eigenvalue weighted by Gasteiger charge is -2.41. The van der Waals surface area contributed by atoms with Gasteiger partial charge in [0.25, 0.3) is 0 Å². The summed E-state index contributed by atoms with van der Waals surface area (Å²) in [5.41, 5.74) is 5.85. The molecular formula is C25H30O5S. The fourth-order valence-corrected chi connectivity index (χ4v) is 5.32. The molecule has 1 aliphatic heterocycles. The summed E-state index contributed by atoms with van der Waals surface area (Å²) >= 11 is 1.78. The number of rotatable bonds is 5. The Bertz CT molecular complexity index is 972. The van der Waals surface area contributed by atoms with Crippen molar-refractivity contribution in [3.63, 3.8) is 0 Å². The van der Waals surface area contributed by atoms with Crippen LogP contribution in [0.5, 0.6) is 0 Å². The molecule has 166 valence electrons. The first-order valence-corrected chi connectivity index (χ1v) is 11.5. The average molecular weight is 443 g/mol. The number of aliphatic hydroxyl groups is 4. The van der Waals surface area contributed by atoms with Gasteiger partial charge in [0.2, 0.25) is 0 Å². The van der Waals surface area contributed by atoms with Gasteiger partial charge in [-0.15, -0.1) is 11.3 Å². The Balaban J connectivity index is 1.53. The molecule has 1 aromatic carbocycles. The van der Waals surface area contributed by atoms with Gasteiger partial charge in [-0.3, -0.25) is 0 Å². The molecule has 6 heteroatoms. The van der Waals surface area contributed by atoms with E-state index in [1.54, 1.807) is 11.3 Å². The topological polar surface area (TPSA) is 90.2 Å². The first kappa shape index (κ1) is 22.4. The van der Waals surface area contributed by atoms with E-state index in [0.717, 1.165) is 24.8 Å². The van der Waals surface area contributed by atoms with Crippen molar-refractivity contribution in [3.8, 4) is 10.4 Å². The maximum atomic E-state index is 10.5. The van der Waals surface area contributed by atoms with Gasteiger partial charge in [0.05, 0.1) is 6.61 Å². The summed E-state index contributed by atoms with van der Waals surface area (Å²) in [6.07, 6.45) is -1.08. The molecule has 1 fully saturated rings. The monoisotopic (exact) mass is 442 g/mol. The summed E-state index contributed by atoms with van der Waals surface area (Å²) in [4.78, 5) is 2.50. The van der Waals surface area contributed by atoms with E-state index in [1.807, 2.05) is 0 Å². The third-order valence-corrected chi connectivity index (χ3v) is 7.45. The Morgan fingerprint density at radius 2 is 1.68 bits per heavy atom. The summed E-state index contributed by atoms with van der Waals surface area (Å²) in [5, 5.41) is 40.2. The highest BCUT2D eigenvalue weighted by Gasteiger charge is 2.44. The van der Waals surface area contributed by atoms with Crippen molar-refractivity contribution in [3.05, 3.63) is 69.6 Å². The van der Waals surface area contributed by atoms with E-state index in [9.17, 15) is 20.4 Å². The van der Waals surface area contributed by atoms with Gasteiger partial charge in [-0.2, -0.15) is 0 Å². The number of ether oxygens (including phenoxy) is 1. The highest BCUT2D eigenvalue weighted by Crippen LogP contribution is 2.36. The molecule has 4 rings (SSSR count). The summed E-state index contributed by atoms with van der Waals surface area (Å²) in [5.74, 6) is 0. The molecule has 2 aliphatic rings. The molecule has 5 nitrogen and oxygen atoms in total. The van der Waals surface area contributed by atoms with Gasteiger partial charge in [0.1, 0.15) is 30.5 Å². The van der Waals surface area contributed by atoms with Crippen LogP contribution >= 0.6 is 11.3 Å². The van der Waals surface area contributed by atoms with Crippen LogP contribution in [0.4, 0.5) is 0 Å². The molecule has 0 unspecified atom stereocenters. The van der Waals surface area contributed by atoms with E-state index < -0.39 is 37.1 Å². The first-order valence-electron chi connectivity index (χ1n) is 10.7. The largest absolute Gasteiger partial charge is 0.394 e. The number of thiophene rings is 1. The van der Waals surface area contributed by atoms with E-state index in [4.69, 9.17) is 4.74 Å². The standard InChI is InChI=1S/C25H30O5S/c1-14-3-6-16(7-4-14)21-10-9-19(31-21)12-18-11-17(8-5-15(18)2)25-24(29)23(28)22(27)20(13-26)30-25/h3-4,6-7,9-11,20,22-29H,5,8,12-13H2,1-2H3/t20-,22-,23+,24-,25+/m1/s1. The minimum absolute atomic E-state index is 0.409. The maximum Gasteiger partial charge on any atom is 0.112 e. The Labute approximate surface area is 187 Å². The predicted molar refractivity (Wildman–Crippen MR) is 122 cm³/mol. The summed E-state index contributed by atoms with van der Waals surface area (Å²) in [6.45, 7) is 3.80. The smallest absolute Gasteiger partial charge is 0.112 e. The molecule has 5 atom stereocenters. The number of hydrogen-bond acceptors (Lipinski definition) is 6. The SMILES string of the molecule is CC1=C(Cc2ccc(-c3ccc(C)cc3)s2)C=C([C@@H]2O[C@H](CO)[C@@H](O)[C@H](O)[C@H]2O)CC1. The number of hydrogen-bond donors (Lipinski definition) is 4. The summed E-state index contributed by atoms with van der Waals surface area (Å²) in [7, 11) is 0. The first-order chi connectivity index (χ1) is 14.9. The third-order valence-electron chi connectivity index (χ3n) is 6.32. The minimum Gasteiger partial charge on any atom is -0.394 e. The van der Waals surface area contributed by atoms with Gasteiger partial charge in [0.15, 0.2) is 0 Å². The van der Waals surface area contributed by atoms with Crippen LogP contribution in [0, 0.1) is 6.92 Å². The van der Waals surface area contributed by atoms with E-state index in [-0.39, 0.29) is 0 Å². The van der Waals surface area contributed by atoms with Crippen LogP contribution in [0.15, 0.2) is 59.2 Å². The number of benzene rings is 1. The fourth-order valence-electron chi connectivity index (χ4n) is 4.28.